The van der Waals surface area contributed by atoms with Crippen LogP contribution in [0.2, 0.25) is 0 Å². The van der Waals surface area contributed by atoms with Crippen LogP contribution in [0.25, 0.3) is 0 Å². The van der Waals surface area contributed by atoms with E-state index in [0.29, 0.717) is 54.0 Å². The van der Waals surface area contributed by atoms with Gasteiger partial charge < -0.3 is 25.0 Å². The first-order valence-corrected chi connectivity index (χ1v) is 20.8. The highest BCUT2D eigenvalue weighted by molar-refractivity contribution is 7.87. The van der Waals surface area contributed by atoms with Gasteiger partial charge in [0.25, 0.3) is 11.8 Å². The molecule has 2 saturated heterocycles. The van der Waals surface area contributed by atoms with E-state index in [4.69, 9.17) is 9.47 Å². The summed E-state index contributed by atoms with van der Waals surface area (Å²) in [4.78, 5) is 71.4. The number of rotatable bonds is 6. The minimum Gasteiger partial charge on any atom is -0.446 e. The van der Waals surface area contributed by atoms with Crippen molar-refractivity contribution in [2.24, 2.45) is 5.92 Å². The van der Waals surface area contributed by atoms with Crippen molar-refractivity contribution in [3.05, 3.63) is 47.3 Å². The van der Waals surface area contributed by atoms with Crippen LogP contribution in [0, 0.1) is 11.7 Å². The van der Waals surface area contributed by atoms with Gasteiger partial charge in [0.15, 0.2) is 0 Å². The van der Waals surface area contributed by atoms with Crippen LogP contribution >= 0.6 is 0 Å². The normalized spacial score (nSPS) is 29.7. The van der Waals surface area contributed by atoms with E-state index < -0.39 is 101 Å². The van der Waals surface area contributed by atoms with E-state index in [-0.39, 0.29) is 45.0 Å². The summed E-state index contributed by atoms with van der Waals surface area (Å²) in [6, 6.07) is 2.08. The van der Waals surface area contributed by atoms with Gasteiger partial charge in [-0.2, -0.15) is 12.7 Å². The average Bonchev–Trinajstić information content (AvgIpc) is 3.70. The molecule has 0 unspecified atom stereocenters. The molecule has 1 aromatic carbocycles. The minimum atomic E-state index is -4.71. The summed E-state index contributed by atoms with van der Waals surface area (Å²) in [5, 5.41) is 5.37. The molecule has 5 atom stereocenters. The van der Waals surface area contributed by atoms with E-state index in [1.54, 1.807) is 12.1 Å². The molecule has 1 aromatic rings. The monoisotopic (exact) mass is 808 g/mol. The number of nitrogens with one attached hydrogen (secondary N) is 3. The molecule has 6 aliphatic rings. The van der Waals surface area contributed by atoms with Crippen LogP contribution in [-0.4, -0.2) is 108 Å². The summed E-state index contributed by atoms with van der Waals surface area (Å²) in [5.74, 6) is -6.97. The van der Waals surface area contributed by atoms with Crippen molar-refractivity contribution in [2.45, 2.75) is 126 Å². The standard InChI is InChI=1S/C37H47F3N6O9S/c38-28-13-8-9-23-19-44(21-27(23)28)35(51)55-26-17-30-31(47)42-37(33(49)43-56(52,53)45-16-15-36(39,40)22-45)18-24(37)10-4-2-1-3-5-14-29(32(48)46(30)20-26)41-34(50)54-25-11-6-7-12-25/h4,8-10,13,24-26,29-30H,1-3,5-7,11-12,14-22H2,(H,41,50)(H,42,47)(H,43,49)/t24-,26-,29+,30+,37-/m1/s1. The molecule has 0 aromatic heterocycles. The van der Waals surface area contributed by atoms with Gasteiger partial charge in [-0.25, -0.2) is 27.5 Å². The Morgan fingerprint density at radius 2 is 1.73 bits per heavy atom. The summed E-state index contributed by atoms with van der Waals surface area (Å²) in [6.07, 6.45) is 5.66. The summed E-state index contributed by atoms with van der Waals surface area (Å²) < 4.78 is 82.2. The smallest absolute Gasteiger partial charge is 0.410 e. The molecule has 306 valence electrons. The second kappa shape index (κ2) is 15.9. The van der Waals surface area contributed by atoms with Crippen LogP contribution in [0.5, 0.6) is 0 Å². The number of ether oxygens (including phenoxy) is 2. The molecule has 56 heavy (non-hydrogen) atoms. The van der Waals surface area contributed by atoms with Crippen LogP contribution in [-0.2, 0) is 47.2 Å². The summed E-state index contributed by atoms with van der Waals surface area (Å²) in [6.45, 7) is -1.81. The van der Waals surface area contributed by atoms with Gasteiger partial charge in [0.2, 0.25) is 11.8 Å². The summed E-state index contributed by atoms with van der Waals surface area (Å²) in [5.41, 5.74) is -0.819. The van der Waals surface area contributed by atoms with Gasteiger partial charge >= 0.3 is 22.4 Å². The minimum absolute atomic E-state index is 0.00486. The molecule has 3 N–H and O–H groups in total. The maximum Gasteiger partial charge on any atom is 0.410 e. The Labute approximate surface area is 322 Å². The number of fused-ring (bicyclic) bond motifs is 3. The zero-order chi connectivity index (χ0) is 39.8. The first kappa shape index (κ1) is 39.8. The highest BCUT2D eigenvalue weighted by Gasteiger charge is 2.62. The molecule has 19 heteroatoms. The van der Waals surface area contributed by atoms with Crippen molar-refractivity contribution >= 4 is 40.1 Å². The Hall–Kier alpha value is -4.39. The molecule has 7 rings (SSSR count). The van der Waals surface area contributed by atoms with Crippen molar-refractivity contribution in [2.75, 3.05) is 19.6 Å². The third-order valence-electron chi connectivity index (χ3n) is 11.7. The molecule has 15 nitrogen and oxygen atoms in total. The van der Waals surface area contributed by atoms with E-state index in [9.17, 15) is 45.6 Å². The maximum atomic E-state index is 14.5. The Kier molecular flexibility index (Phi) is 11.3. The molecule has 5 amide bonds. The fraction of sp³-hybridized carbons (Fsp3) is 0.649. The number of nitrogens with zero attached hydrogens (tertiary/aromatic N) is 3. The van der Waals surface area contributed by atoms with Gasteiger partial charge in [-0.1, -0.05) is 37.1 Å². The van der Waals surface area contributed by atoms with Gasteiger partial charge in [0, 0.05) is 37.4 Å². The molecular weight excluding hydrogens is 762 g/mol. The molecule has 4 fully saturated rings. The zero-order valence-corrected chi connectivity index (χ0v) is 31.7. The van der Waals surface area contributed by atoms with Crippen molar-refractivity contribution < 1.29 is 55.0 Å². The fourth-order valence-corrected chi connectivity index (χ4v) is 9.64. The second-order valence-corrected chi connectivity index (χ2v) is 17.4. The van der Waals surface area contributed by atoms with Gasteiger partial charge in [-0.3, -0.25) is 19.3 Å². The highest BCUT2D eigenvalue weighted by Crippen LogP contribution is 2.46. The number of hydrogen-bond acceptors (Lipinski definition) is 9. The number of carbonyl (C=O) groups excluding carboxylic acids is 5. The lowest BCUT2D eigenvalue weighted by Gasteiger charge is -2.30. The van der Waals surface area contributed by atoms with E-state index >= 15 is 0 Å². The molecule has 0 spiro atoms. The summed E-state index contributed by atoms with van der Waals surface area (Å²) in [7, 11) is -4.71. The number of alkyl carbamates (subject to hydrolysis) is 1. The first-order valence-electron chi connectivity index (χ1n) is 19.3. The second-order valence-electron chi connectivity index (χ2n) is 15.7. The highest BCUT2D eigenvalue weighted by atomic mass is 32.2. The Balaban J connectivity index is 1.12. The van der Waals surface area contributed by atoms with E-state index in [2.05, 4.69) is 10.6 Å². The molecular formula is C37H47F3N6O9S. The van der Waals surface area contributed by atoms with Crippen molar-refractivity contribution in [3.8, 4) is 0 Å². The van der Waals surface area contributed by atoms with Crippen LogP contribution in [0.15, 0.2) is 30.4 Å². The topological polar surface area (TPSA) is 184 Å². The number of allylic oxidation sites excluding steroid dienone is 1. The van der Waals surface area contributed by atoms with Gasteiger partial charge in [-0.15, -0.1) is 0 Å². The van der Waals surface area contributed by atoms with E-state index in [0.717, 1.165) is 12.8 Å². The van der Waals surface area contributed by atoms with Crippen LogP contribution in [0.1, 0.15) is 88.2 Å². The van der Waals surface area contributed by atoms with Gasteiger partial charge in [-0.05, 0) is 63.0 Å². The molecule has 2 aliphatic carbocycles. The van der Waals surface area contributed by atoms with Gasteiger partial charge in [0.05, 0.1) is 19.6 Å². The number of alkyl halides is 2. The summed E-state index contributed by atoms with van der Waals surface area (Å²) >= 11 is 0. The average molecular weight is 809 g/mol. The number of halogens is 3. The lowest BCUT2D eigenvalue weighted by Crippen LogP contribution is -2.59. The van der Waals surface area contributed by atoms with Crippen LogP contribution < -0.4 is 15.4 Å². The first-order chi connectivity index (χ1) is 26.6. The van der Waals surface area contributed by atoms with Gasteiger partial charge in [0.1, 0.15) is 35.6 Å². The van der Waals surface area contributed by atoms with Crippen LogP contribution in [0.3, 0.4) is 0 Å². The largest absolute Gasteiger partial charge is 0.446 e. The quantitative estimate of drug-likeness (QED) is 0.363. The molecule has 0 radical (unpaired) electrons. The number of carbonyl (C=O) groups is 5. The zero-order valence-electron chi connectivity index (χ0n) is 30.9. The molecule has 0 bridgehead atoms. The lowest BCUT2D eigenvalue weighted by molar-refractivity contribution is -0.141. The maximum absolute atomic E-state index is 14.5. The Morgan fingerprint density at radius 1 is 0.964 bits per heavy atom. The number of hydrogen-bond donors (Lipinski definition) is 3. The fourth-order valence-electron chi connectivity index (χ4n) is 8.41. The molecule has 4 heterocycles. The van der Waals surface area contributed by atoms with Crippen molar-refractivity contribution in [3.63, 3.8) is 0 Å². The van der Waals surface area contributed by atoms with Crippen molar-refractivity contribution in [1.82, 2.24) is 29.5 Å². The van der Waals surface area contributed by atoms with E-state index in [1.165, 1.54) is 21.9 Å². The Morgan fingerprint density at radius 3 is 2.46 bits per heavy atom. The number of benzene rings is 1. The predicted molar refractivity (Wildman–Crippen MR) is 191 cm³/mol. The predicted octanol–water partition coefficient (Wildman–Crippen LogP) is 3.38. The third-order valence-corrected chi connectivity index (χ3v) is 13.1. The van der Waals surface area contributed by atoms with E-state index in [1.807, 2.05) is 10.8 Å². The van der Waals surface area contributed by atoms with Crippen LogP contribution in [0.4, 0.5) is 22.8 Å². The molecule has 2 saturated carbocycles. The Bertz CT molecular complexity index is 1880. The molecule has 4 aliphatic heterocycles. The lowest BCUT2D eigenvalue weighted by atomic mass is 10.0. The number of amides is 5. The SMILES string of the molecule is O=C(N[C@H]1CCCCCC=C[C@@H]2C[C@@]2(C(=O)NS(=O)(=O)N2CCC(F)(F)C2)NC(=O)[C@@H]2C[C@@H](OC(=O)N3Cc4cccc(F)c4C3)CN2C1=O)OC1CCCC1. The van der Waals surface area contributed by atoms with Crippen molar-refractivity contribution in [1.29, 1.82) is 0 Å². The third kappa shape index (κ3) is 8.62.